The minimum absolute atomic E-state index is 0.0841. The quantitative estimate of drug-likeness (QED) is 0.675. The molecular weight excluding hydrogens is 217 g/mol. The monoisotopic (exact) mass is 219 g/mol. The zero-order valence-electron chi connectivity index (χ0n) is 6.16. The lowest BCUT2D eigenvalue weighted by molar-refractivity contribution is 0.602. The van der Waals surface area contributed by atoms with Crippen LogP contribution in [-0.2, 0) is 9.05 Å². The highest BCUT2D eigenvalue weighted by Crippen LogP contribution is 2.17. The van der Waals surface area contributed by atoms with E-state index in [-0.39, 0.29) is 5.56 Å². The van der Waals surface area contributed by atoms with Crippen LogP contribution in [0, 0.1) is 17.1 Å². The van der Waals surface area contributed by atoms with Crippen LogP contribution in [0.3, 0.4) is 0 Å². The van der Waals surface area contributed by atoms with Crippen LogP contribution in [0.15, 0.2) is 23.1 Å². The predicted octanol–water partition coefficient (Wildman–Crippen LogP) is 1.62. The van der Waals surface area contributed by atoms with Gasteiger partial charge in [-0.05, 0) is 18.2 Å². The van der Waals surface area contributed by atoms with Crippen molar-refractivity contribution in [3.8, 4) is 6.07 Å². The summed E-state index contributed by atoms with van der Waals surface area (Å²) in [5, 5.41) is 8.40. The van der Waals surface area contributed by atoms with Crippen molar-refractivity contribution < 1.29 is 12.8 Å². The van der Waals surface area contributed by atoms with Crippen molar-refractivity contribution in [1.29, 1.82) is 5.26 Å². The molecule has 6 heteroatoms. The Hall–Kier alpha value is -1.12. The standard InChI is InChI=1S/C7H3ClFNO2S/c8-13(11,12)7-2-5(4-10)1-6(9)3-7/h1-3H. The van der Waals surface area contributed by atoms with E-state index in [1.54, 1.807) is 6.07 Å². The molecule has 0 N–H and O–H groups in total. The summed E-state index contributed by atoms with van der Waals surface area (Å²) >= 11 is 0. The van der Waals surface area contributed by atoms with Crippen molar-refractivity contribution in [2.24, 2.45) is 0 Å². The summed E-state index contributed by atoms with van der Waals surface area (Å²) in [6.07, 6.45) is 0. The third-order valence-electron chi connectivity index (χ3n) is 1.28. The molecule has 1 aromatic rings. The number of nitriles is 1. The first-order valence-electron chi connectivity index (χ1n) is 3.09. The summed E-state index contributed by atoms with van der Waals surface area (Å²) < 4.78 is 34.2. The van der Waals surface area contributed by atoms with E-state index < -0.39 is 19.8 Å². The van der Waals surface area contributed by atoms with Crippen LogP contribution in [0.25, 0.3) is 0 Å². The second-order valence-electron chi connectivity index (χ2n) is 2.23. The lowest BCUT2D eigenvalue weighted by atomic mass is 10.2. The molecule has 0 radical (unpaired) electrons. The molecule has 0 aliphatic rings. The van der Waals surface area contributed by atoms with Crippen molar-refractivity contribution in [3.63, 3.8) is 0 Å². The highest BCUT2D eigenvalue weighted by Gasteiger charge is 2.12. The fourth-order valence-electron chi connectivity index (χ4n) is 0.768. The molecule has 0 unspecified atom stereocenters. The molecule has 0 aromatic heterocycles. The van der Waals surface area contributed by atoms with Gasteiger partial charge in [-0.3, -0.25) is 0 Å². The molecule has 0 saturated heterocycles. The number of halogens is 2. The van der Waals surface area contributed by atoms with Crippen molar-refractivity contribution in [2.75, 3.05) is 0 Å². The first kappa shape index (κ1) is 9.96. The van der Waals surface area contributed by atoms with Crippen LogP contribution in [0.1, 0.15) is 5.56 Å². The van der Waals surface area contributed by atoms with Gasteiger partial charge in [0.1, 0.15) is 5.82 Å². The van der Waals surface area contributed by atoms with E-state index in [9.17, 15) is 12.8 Å². The number of hydrogen-bond donors (Lipinski definition) is 0. The van der Waals surface area contributed by atoms with E-state index in [0.29, 0.717) is 0 Å². The summed E-state index contributed by atoms with van der Waals surface area (Å²) in [5.74, 6) is -0.807. The molecule has 0 atom stereocenters. The zero-order chi connectivity index (χ0) is 10.1. The summed E-state index contributed by atoms with van der Waals surface area (Å²) in [6, 6.07) is 4.30. The maximum atomic E-state index is 12.7. The summed E-state index contributed by atoms with van der Waals surface area (Å²) in [6.45, 7) is 0. The Balaban J connectivity index is 3.44. The molecule has 0 aliphatic heterocycles. The van der Waals surface area contributed by atoms with Gasteiger partial charge in [0.25, 0.3) is 9.05 Å². The van der Waals surface area contributed by atoms with Crippen molar-refractivity contribution in [1.82, 2.24) is 0 Å². The maximum Gasteiger partial charge on any atom is 0.261 e. The van der Waals surface area contributed by atoms with Crippen molar-refractivity contribution in [3.05, 3.63) is 29.6 Å². The third kappa shape index (κ3) is 2.41. The lowest BCUT2D eigenvalue weighted by Gasteiger charge is -1.96. The Labute approximate surface area is 78.8 Å². The molecule has 0 spiro atoms. The first-order chi connectivity index (χ1) is 5.93. The average molecular weight is 220 g/mol. The fourth-order valence-corrected chi connectivity index (χ4v) is 1.56. The minimum atomic E-state index is -3.98. The molecule has 1 rings (SSSR count). The fraction of sp³-hybridized carbons (Fsp3) is 0. The van der Waals surface area contributed by atoms with Gasteiger partial charge in [-0.15, -0.1) is 0 Å². The first-order valence-corrected chi connectivity index (χ1v) is 5.40. The van der Waals surface area contributed by atoms with Crippen LogP contribution in [0.2, 0.25) is 0 Å². The molecule has 3 nitrogen and oxygen atoms in total. The van der Waals surface area contributed by atoms with Gasteiger partial charge >= 0.3 is 0 Å². The maximum absolute atomic E-state index is 12.7. The van der Waals surface area contributed by atoms with E-state index in [4.69, 9.17) is 15.9 Å². The van der Waals surface area contributed by atoms with Crippen molar-refractivity contribution >= 4 is 19.7 Å². The lowest BCUT2D eigenvalue weighted by Crippen LogP contribution is -1.92. The van der Waals surface area contributed by atoms with Gasteiger partial charge in [-0.2, -0.15) is 5.26 Å². The highest BCUT2D eigenvalue weighted by atomic mass is 35.7. The molecule has 0 saturated carbocycles. The van der Waals surface area contributed by atoms with Gasteiger partial charge in [0.05, 0.1) is 16.5 Å². The summed E-state index contributed by atoms with van der Waals surface area (Å²) in [7, 11) is 0.979. The Kier molecular flexibility index (Phi) is 2.55. The molecule has 0 bridgehead atoms. The minimum Gasteiger partial charge on any atom is -0.207 e. The van der Waals surface area contributed by atoms with Crippen LogP contribution < -0.4 is 0 Å². The Morgan fingerprint density at radius 3 is 2.46 bits per heavy atom. The van der Waals surface area contributed by atoms with Gasteiger partial charge in [-0.25, -0.2) is 12.8 Å². The Bertz CT molecular complexity index is 478. The van der Waals surface area contributed by atoms with Crippen LogP contribution in [0.4, 0.5) is 4.39 Å². The highest BCUT2D eigenvalue weighted by molar-refractivity contribution is 8.13. The molecular formula is C7H3ClFNO2S. The van der Waals surface area contributed by atoms with Gasteiger partial charge in [0, 0.05) is 10.7 Å². The van der Waals surface area contributed by atoms with Gasteiger partial charge in [0.2, 0.25) is 0 Å². The second-order valence-corrected chi connectivity index (χ2v) is 4.79. The molecule has 0 heterocycles. The summed E-state index contributed by atoms with van der Waals surface area (Å²) in [5.41, 5.74) is -0.0841. The topological polar surface area (TPSA) is 57.9 Å². The third-order valence-corrected chi connectivity index (χ3v) is 2.62. The normalized spacial score (nSPS) is 10.8. The van der Waals surface area contributed by atoms with Crippen molar-refractivity contribution in [2.45, 2.75) is 4.90 Å². The molecule has 0 fully saturated rings. The number of hydrogen-bond acceptors (Lipinski definition) is 3. The van der Waals surface area contributed by atoms with E-state index in [2.05, 4.69) is 0 Å². The largest absolute Gasteiger partial charge is 0.261 e. The number of benzene rings is 1. The average Bonchev–Trinajstić information content (AvgIpc) is 2.01. The Morgan fingerprint density at radius 1 is 1.38 bits per heavy atom. The van der Waals surface area contributed by atoms with E-state index in [1.165, 1.54) is 0 Å². The van der Waals surface area contributed by atoms with E-state index >= 15 is 0 Å². The Morgan fingerprint density at radius 2 is 2.00 bits per heavy atom. The van der Waals surface area contributed by atoms with E-state index in [1.807, 2.05) is 0 Å². The van der Waals surface area contributed by atoms with Crippen LogP contribution >= 0.6 is 10.7 Å². The van der Waals surface area contributed by atoms with E-state index in [0.717, 1.165) is 18.2 Å². The van der Waals surface area contributed by atoms with Crippen LogP contribution in [0.5, 0.6) is 0 Å². The van der Waals surface area contributed by atoms with Gasteiger partial charge in [-0.1, -0.05) is 0 Å². The predicted molar refractivity (Wildman–Crippen MR) is 44.2 cm³/mol. The molecule has 0 aliphatic carbocycles. The van der Waals surface area contributed by atoms with Gasteiger partial charge < -0.3 is 0 Å². The zero-order valence-corrected chi connectivity index (χ0v) is 7.73. The van der Waals surface area contributed by atoms with Gasteiger partial charge in [0.15, 0.2) is 0 Å². The number of rotatable bonds is 1. The molecule has 1 aromatic carbocycles. The molecule has 0 amide bonds. The second kappa shape index (κ2) is 3.32. The molecule has 13 heavy (non-hydrogen) atoms. The molecule has 68 valence electrons. The number of nitrogens with zero attached hydrogens (tertiary/aromatic N) is 1. The SMILES string of the molecule is N#Cc1cc(F)cc(S(=O)(=O)Cl)c1. The smallest absolute Gasteiger partial charge is 0.207 e. The van der Waals surface area contributed by atoms with Crippen LogP contribution in [-0.4, -0.2) is 8.42 Å². The summed E-state index contributed by atoms with van der Waals surface area (Å²) in [4.78, 5) is -0.411.